The van der Waals surface area contributed by atoms with Gasteiger partial charge >= 0.3 is 0 Å². The highest BCUT2D eigenvalue weighted by atomic mass is 32.2. The Balaban J connectivity index is 0.000000952. The van der Waals surface area contributed by atoms with E-state index in [4.69, 9.17) is 0 Å². The van der Waals surface area contributed by atoms with Gasteiger partial charge in [-0.15, -0.1) is 11.3 Å². The Hall–Kier alpha value is -1.57. The first kappa shape index (κ1) is 22.4. The fraction of sp³-hybridized carbons (Fsp3) is 0.412. The first-order valence-corrected chi connectivity index (χ1v) is 9.87. The Morgan fingerprint density at radius 3 is 2.21 bits per heavy atom. The van der Waals surface area contributed by atoms with E-state index in [0.717, 1.165) is 16.2 Å². The summed E-state index contributed by atoms with van der Waals surface area (Å²) >= 11 is 1.36. The summed E-state index contributed by atoms with van der Waals surface area (Å²) in [4.78, 5) is 15.3. The van der Waals surface area contributed by atoms with Crippen LogP contribution >= 0.6 is 11.3 Å². The van der Waals surface area contributed by atoms with Crippen molar-refractivity contribution in [3.8, 4) is 11.3 Å². The summed E-state index contributed by atoms with van der Waals surface area (Å²) in [6.07, 6.45) is 1.85. The Morgan fingerprint density at radius 2 is 1.75 bits per heavy atom. The maximum Gasteiger partial charge on any atom is 0.213 e. The second-order valence-electron chi connectivity index (χ2n) is 4.59. The van der Waals surface area contributed by atoms with Crippen LogP contribution in [0.3, 0.4) is 0 Å². The minimum Gasteiger partial charge on any atom is -0.305 e. The van der Waals surface area contributed by atoms with Crippen molar-refractivity contribution < 1.29 is 9.00 Å². The van der Waals surface area contributed by atoms with Crippen LogP contribution in [0.25, 0.3) is 11.3 Å². The molecule has 0 radical (unpaired) electrons. The standard InChI is InChI=1S/C12H13N3O2S2.C3H8.C2H6/c1-15(2)19(17)10-5-3-9(4-6-10)11-7-18-12(14-11)13-8-16;1-3-2;1-2/h3-8H,1-2H3,(H,13,14,16);3H2,1-2H3;1-2H3. The van der Waals surface area contributed by atoms with Crippen molar-refractivity contribution in [3.05, 3.63) is 29.6 Å². The summed E-state index contributed by atoms with van der Waals surface area (Å²) in [6.45, 7) is 8.25. The molecule has 1 atom stereocenters. The fourth-order valence-electron chi connectivity index (χ4n) is 1.48. The number of amides is 1. The molecule has 2 aromatic rings. The molecule has 1 unspecified atom stereocenters. The number of carbonyl (C=O) groups excluding carboxylic acids is 1. The Morgan fingerprint density at radius 1 is 1.21 bits per heavy atom. The van der Waals surface area contributed by atoms with Gasteiger partial charge in [-0.05, 0) is 26.2 Å². The number of rotatable bonds is 5. The Labute approximate surface area is 151 Å². The summed E-state index contributed by atoms with van der Waals surface area (Å²) < 4.78 is 13.5. The SMILES string of the molecule is CC.CCC.CN(C)S(=O)c1ccc(-c2csc(NC=O)n2)cc1. The molecular weight excluding hydrogens is 342 g/mol. The average Bonchev–Trinajstić information content (AvgIpc) is 3.06. The quantitative estimate of drug-likeness (QED) is 0.794. The van der Waals surface area contributed by atoms with Crippen LogP contribution in [0, 0.1) is 0 Å². The third-order valence-electron chi connectivity index (χ3n) is 2.37. The number of thiazole rings is 1. The number of nitrogens with one attached hydrogen (secondary N) is 1. The van der Waals surface area contributed by atoms with Gasteiger partial charge in [-0.2, -0.15) is 0 Å². The molecule has 0 spiro atoms. The van der Waals surface area contributed by atoms with Crippen molar-refractivity contribution in [3.63, 3.8) is 0 Å². The van der Waals surface area contributed by atoms with E-state index in [1.165, 1.54) is 17.8 Å². The second kappa shape index (κ2) is 12.8. The minimum absolute atomic E-state index is 0.561. The largest absolute Gasteiger partial charge is 0.305 e. The van der Waals surface area contributed by atoms with E-state index in [0.29, 0.717) is 11.5 Å². The number of benzene rings is 1. The zero-order chi connectivity index (χ0) is 18.5. The normalized spacial score (nSPS) is 10.8. The van der Waals surface area contributed by atoms with Gasteiger partial charge in [0.1, 0.15) is 11.0 Å². The van der Waals surface area contributed by atoms with Gasteiger partial charge in [0, 0.05) is 10.9 Å². The van der Waals surface area contributed by atoms with E-state index < -0.39 is 11.0 Å². The molecule has 134 valence electrons. The highest BCUT2D eigenvalue weighted by Gasteiger charge is 2.08. The third kappa shape index (κ3) is 7.33. The zero-order valence-corrected chi connectivity index (χ0v) is 16.8. The van der Waals surface area contributed by atoms with E-state index in [1.807, 2.05) is 43.5 Å². The first-order chi connectivity index (χ1) is 11.5. The fourth-order valence-corrected chi connectivity index (χ4v) is 2.95. The molecule has 1 aromatic carbocycles. The van der Waals surface area contributed by atoms with Crippen LogP contribution in [0.4, 0.5) is 5.13 Å². The summed E-state index contributed by atoms with van der Waals surface area (Å²) in [6, 6.07) is 7.38. The molecule has 24 heavy (non-hydrogen) atoms. The van der Waals surface area contributed by atoms with Crippen molar-refractivity contribution in [2.24, 2.45) is 0 Å². The lowest BCUT2D eigenvalue weighted by atomic mass is 10.2. The van der Waals surface area contributed by atoms with Gasteiger partial charge in [-0.25, -0.2) is 13.5 Å². The topological polar surface area (TPSA) is 62.3 Å². The molecule has 1 N–H and O–H groups in total. The molecule has 0 saturated heterocycles. The summed E-state index contributed by atoms with van der Waals surface area (Å²) in [5, 5.41) is 4.94. The van der Waals surface area contributed by atoms with Gasteiger partial charge in [-0.3, -0.25) is 4.79 Å². The number of aromatic nitrogens is 1. The molecule has 0 aliphatic heterocycles. The Kier molecular flexibility index (Phi) is 12.0. The molecule has 0 saturated carbocycles. The van der Waals surface area contributed by atoms with Gasteiger partial charge in [0.25, 0.3) is 0 Å². The molecule has 1 amide bonds. The molecule has 0 aliphatic carbocycles. The smallest absolute Gasteiger partial charge is 0.213 e. The van der Waals surface area contributed by atoms with Gasteiger partial charge in [0.2, 0.25) is 6.41 Å². The number of carbonyl (C=O) groups is 1. The van der Waals surface area contributed by atoms with Crippen LogP contribution in [0.1, 0.15) is 34.1 Å². The second-order valence-corrected chi connectivity index (χ2v) is 7.15. The molecule has 1 aromatic heterocycles. The van der Waals surface area contributed by atoms with Crippen LogP contribution in [-0.4, -0.2) is 34.0 Å². The maximum absolute atomic E-state index is 11.9. The Bertz CT molecular complexity index is 611. The highest BCUT2D eigenvalue weighted by molar-refractivity contribution is 7.82. The van der Waals surface area contributed by atoms with Crippen LogP contribution in [0.5, 0.6) is 0 Å². The van der Waals surface area contributed by atoms with Gasteiger partial charge in [0.15, 0.2) is 5.13 Å². The number of nitrogens with zero attached hydrogens (tertiary/aromatic N) is 2. The molecule has 5 nitrogen and oxygen atoms in total. The van der Waals surface area contributed by atoms with E-state index in [2.05, 4.69) is 24.1 Å². The van der Waals surface area contributed by atoms with Gasteiger partial charge < -0.3 is 5.32 Å². The summed E-state index contributed by atoms with van der Waals surface area (Å²) in [5.41, 5.74) is 1.71. The minimum atomic E-state index is -1.14. The monoisotopic (exact) mass is 369 g/mol. The molecule has 7 heteroatoms. The molecule has 0 bridgehead atoms. The van der Waals surface area contributed by atoms with Gasteiger partial charge in [0.05, 0.1) is 10.6 Å². The van der Waals surface area contributed by atoms with E-state index in [-0.39, 0.29) is 0 Å². The van der Waals surface area contributed by atoms with Crippen molar-refractivity contribution in [1.29, 1.82) is 0 Å². The van der Waals surface area contributed by atoms with Crippen LogP contribution in [0.2, 0.25) is 0 Å². The third-order valence-corrected chi connectivity index (χ3v) is 4.48. The van der Waals surface area contributed by atoms with E-state index in [1.54, 1.807) is 18.4 Å². The molecule has 0 aliphatic rings. The van der Waals surface area contributed by atoms with E-state index >= 15 is 0 Å². The predicted octanol–water partition coefficient (Wildman–Crippen LogP) is 4.41. The maximum atomic E-state index is 11.9. The van der Waals surface area contributed by atoms with Gasteiger partial charge in [-0.1, -0.05) is 46.2 Å². The summed E-state index contributed by atoms with van der Waals surface area (Å²) in [5.74, 6) is 0. The lowest BCUT2D eigenvalue weighted by Gasteiger charge is -2.09. The van der Waals surface area contributed by atoms with Crippen molar-refractivity contribution in [2.45, 2.75) is 39.0 Å². The lowest BCUT2D eigenvalue weighted by Crippen LogP contribution is -2.15. The predicted molar refractivity (Wildman–Crippen MR) is 105 cm³/mol. The first-order valence-electron chi connectivity index (χ1n) is 7.88. The highest BCUT2D eigenvalue weighted by Crippen LogP contribution is 2.25. The van der Waals surface area contributed by atoms with E-state index in [9.17, 15) is 9.00 Å². The molecule has 1 heterocycles. The van der Waals surface area contributed by atoms with Crippen molar-refractivity contribution in [1.82, 2.24) is 9.29 Å². The number of hydrogen-bond donors (Lipinski definition) is 1. The zero-order valence-electron chi connectivity index (χ0n) is 15.2. The number of hydrogen-bond acceptors (Lipinski definition) is 4. The van der Waals surface area contributed by atoms with Crippen LogP contribution in [0.15, 0.2) is 34.5 Å². The number of anilines is 1. The van der Waals surface area contributed by atoms with Crippen molar-refractivity contribution in [2.75, 3.05) is 19.4 Å². The lowest BCUT2D eigenvalue weighted by molar-refractivity contribution is -0.105. The average molecular weight is 370 g/mol. The molecule has 0 fully saturated rings. The molecule has 2 rings (SSSR count). The van der Waals surface area contributed by atoms with Crippen molar-refractivity contribution >= 4 is 33.9 Å². The van der Waals surface area contributed by atoms with Crippen LogP contribution in [-0.2, 0) is 15.8 Å². The summed E-state index contributed by atoms with van der Waals surface area (Å²) in [7, 11) is 2.39. The molecular formula is C17H27N3O2S2. The van der Waals surface area contributed by atoms with Crippen LogP contribution < -0.4 is 5.32 Å².